The van der Waals surface area contributed by atoms with E-state index in [1.54, 1.807) is 0 Å². The van der Waals surface area contributed by atoms with Gasteiger partial charge < -0.3 is 20.4 Å². The summed E-state index contributed by atoms with van der Waals surface area (Å²) in [5.74, 6) is 0.894. The number of aliphatic imine (C=N–C) groups is 1. The van der Waals surface area contributed by atoms with Crippen LogP contribution in [-0.2, 0) is 11.2 Å². The predicted molar refractivity (Wildman–Crippen MR) is 128 cm³/mol. The molecule has 156 valence electrons. The summed E-state index contributed by atoms with van der Waals surface area (Å²) in [6.07, 6.45) is 3.07. The number of rotatable bonds is 7. The maximum Gasteiger partial charge on any atom is 0.191 e. The van der Waals surface area contributed by atoms with Gasteiger partial charge in [-0.25, -0.2) is 0 Å². The van der Waals surface area contributed by atoms with Crippen molar-refractivity contribution in [3.8, 4) is 0 Å². The van der Waals surface area contributed by atoms with Gasteiger partial charge in [-0.15, -0.1) is 24.0 Å². The number of hydrogen-bond acceptors (Lipinski definition) is 3. The van der Waals surface area contributed by atoms with Crippen molar-refractivity contribution in [1.82, 2.24) is 20.5 Å². The lowest BCUT2D eigenvalue weighted by Gasteiger charge is -2.37. The van der Waals surface area contributed by atoms with Crippen LogP contribution < -0.4 is 10.6 Å². The Balaban J connectivity index is 0.00000280. The van der Waals surface area contributed by atoms with Gasteiger partial charge in [0.2, 0.25) is 0 Å². The second kappa shape index (κ2) is 11.6. The average molecular weight is 499 g/mol. The molecule has 2 heterocycles. The van der Waals surface area contributed by atoms with Crippen LogP contribution in [0.15, 0.2) is 35.5 Å². The first-order valence-corrected chi connectivity index (χ1v) is 10.1. The number of para-hydroxylation sites is 1. The number of morpholine rings is 1. The van der Waals surface area contributed by atoms with Crippen molar-refractivity contribution in [2.45, 2.75) is 39.3 Å². The summed E-state index contributed by atoms with van der Waals surface area (Å²) in [7, 11) is 0. The number of halogens is 1. The van der Waals surface area contributed by atoms with Crippen LogP contribution >= 0.6 is 24.0 Å². The Hall–Kier alpha value is -1.32. The fourth-order valence-corrected chi connectivity index (χ4v) is 3.72. The standard InChI is InChI=1S/C21H33N5O.HI/c1-4-22-21(25-13-16(2)26-11-12-27-15-17(26)3)23-10-9-18-14-24-20-8-6-5-7-19(18)20;/h5-8,14,16-17,24H,4,9-13,15H2,1-3H3,(H2,22,23,25);1H. The van der Waals surface area contributed by atoms with Crippen LogP contribution in [0.25, 0.3) is 10.9 Å². The van der Waals surface area contributed by atoms with Gasteiger partial charge in [0.1, 0.15) is 0 Å². The van der Waals surface area contributed by atoms with Crippen molar-refractivity contribution >= 4 is 40.8 Å². The molecule has 1 aromatic heterocycles. The Morgan fingerprint density at radius 1 is 1.36 bits per heavy atom. The maximum atomic E-state index is 5.54. The molecule has 3 N–H and O–H groups in total. The van der Waals surface area contributed by atoms with Gasteiger partial charge in [-0.05, 0) is 38.8 Å². The van der Waals surface area contributed by atoms with E-state index < -0.39 is 0 Å². The van der Waals surface area contributed by atoms with Crippen molar-refractivity contribution in [2.75, 3.05) is 39.4 Å². The molecule has 6 nitrogen and oxygen atoms in total. The lowest BCUT2D eigenvalue weighted by Crippen LogP contribution is -2.49. The van der Waals surface area contributed by atoms with E-state index in [1.165, 1.54) is 16.5 Å². The highest BCUT2D eigenvalue weighted by atomic mass is 127. The SMILES string of the molecule is CCNC(=NCC(C)N1CCOCC1C)NCCc1c[nH]c2ccccc12.I. The summed E-state index contributed by atoms with van der Waals surface area (Å²) in [6.45, 7) is 11.7. The van der Waals surface area contributed by atoms with Crippen LogP contribution in [-0.4, -0.2) is 67.3 Å². The minimum Gasteiger partial charge on any atom is -0.379 e. The quantitative estimate of drug-likeness (QED) is 0.312. The Morgan fingerprint density at radius 2 is 2.18 bits per heavy atom. The number of guanidine groups is 1. The molecule has 3 rings (SSSR count). The molecular formula is C21H34IN5O. The second-order valence-corrected chi connectivity index (χ2v) is 7.27. The average Bonchev–Trinajstić information content (AvgIpc) is 3.09. The Morgan fingerprint density at radius 3 is 2.96 bits per heavy atom. The number of benzene rings is 1. The first kappa shape index (κ1) is 23.0. The van der Waals surface area contributed by atoms with Crippen LogP contribution in [0.2, 0.25) is 0 Å². The number of aromatic amines is 1. The molecule has 0 aliphatic carbocycles. The van der Waals surface area contributed by atoms with Crippen LogP contribution in [0.5, 0.6) is 0 Å². The van der Waals surface area contributed by atoms with Crippen LogP contribution in [0, 0.1) is 0 Å². The molecule has 0 amide bonds. The van der Waals surface area contributed by atoms with Crippen LogP contribution in [0.4, 0.5) is 0 Å². The molecule has 7 heteroatoms. The number of hydrogen-bond donors (Lipinski definition) is 3. The van der Waals surface area contributed by atoms with Crippen molar-refractivity contribution in [2.24, 2.45) is 4.99 Å². The molecule has 2 aromatic rings. The van der Waals surface area contributed by atoms with Gasteiger partial charge in [0.25, 0.3) is 0 Å². The van der Waals surface area contributed by atoms with E-state index in [1.807, 2.05) is 0 Å². The lowest BCUT2D eigenvalue weighted by molar-refractivity contribution is -0.0165. The molecule has 1 aliphatic rings. The number of nitrogens with one attached hydrogen (secondary N) is 3. The smallest absolute Gasteiger partial charge is 0.191 e. The zero-order chi connectivity index (χ0) is 19.1. The molecule has 1 aliphatic heterocycles. The van der Waals surface area contributed by atoms with Gasteiger partial charge in [0.15, 0.2) is 5.96 Å². The predicted octanol–water partition coefficient (Wildman–Crippen LogP) is 2.99. The molecule has 0 radical (unpaired) electrons. The fraction of sp³-hybridized carbons (Fsp3) is 0.571. The van der Waals surface area contributed by atoms with E-state index in [4.69, 9.17) is 9.73 Å². The third-order valence-electron chi connectivity index (χ3n) is 5.20. The zero-order valence-corrected chi connectivity index (χ0v) is 19.5. The fourth-order valence-electron chi connectivity index (χ4n) is 3.72. The third-order valence-corrected chi connectivity index (χ3v) is 5.20. The Labute approximate surface area is 185 Å². The van der Waals surface area contributed by atoms with Crippen LogP contribution in [0.1, 0.15) is 26.3 Å². The molecular weight excluding hydrogens is 465 g/mol. The normalized spacial score (nSPS) is 19.2. The van der Waals surface area contributed by atoms with E-state index in [2.05, 4.69) is 71.8 Å². The third kappa shape index (κ3) is 6.09. The molecule has 2 atom stereocenters. The minimum atomic E-state index is 0. The van der Waals surface area contributed by atoms with E-state index in [-0.39, 0.29) is 24.0 Å². The maximum absolute atomic E-state index is 5.54. The van der Waals surface area contributed by atoms with Crippen molar-refractivity contribution in [1.29, 1.82) is 0 Å². The van der Waals surface area contributed by atoms with Gasteiger partial charge in [-0.1, -0.05) is 18.2 Å². The molecule has 0 bridgehead atoms. The molecule has 0 saturated carbocycles. The largest absolute Gasteiger partial charge is 0.379 e. The number of nitrogens with zero attached hydrogens (tertiary/aromatic N) is 2. The summed E-state index contributed by atoms with van der Waals surface area (Å²) in [4.78, 5) is 10.6. The van der Waals surface area contributed by atoms with Gasteiger partial charge in [-0.2, -0.15) is 0 Å². The highest BCUT2D eigenvalue weighted by Gasteiger charge is 2.23. The molecule has 28 heavy (non-hydrogen) atoms. The number of aromatic nitrogens is 1. The Bertz CT molecular complexity index is 747. The molecule has 1 fully saturated rings. The van der Waals surface area contributed by atoms with Crippen molar-refractivity contribution < 1.29 is 4.74 Å². The van der Waals surface area contributed by atoms with E-state index in [9.17, 15) is 0 Å². The zero-order valence-electron chi connectivity index (χ0n) is 17.2. The van der Waals surface area contributed by atoms with Gasteiger partial charge in [0.05, 0.1) is 19.8 Å². The first-order chi connectivity index (χ1) is 13.2. The summed E-state index contributed by atoms with van der Waals surface area (Å²) >= 11 is 0. The molecule has 1 aromatic carbocycles. The number of ether oxygens (including phenoxy) is 1. The second-order valence-electron chi connectivity index (χ2n) is 7.27. The van der Waals surface area contributed by atoms with E-state index in [0.717, 1.165) is 51.8 Å². The highest BCUT2D eigenvalue weighted by Crippen LogP contribution is 2.17. The van der Waals surface area contributed by atoms with E-state index >= 15 is 0 Å². The molecule has 2 unspecified atom stereocenters. The van der Waals surface area contributed by atoms with Gasteiger partial charge >= 0.3 is 0 Å². The van der Waals surface area contributed by atoms with Gasteiger partial charge in [-0.3, -0.25) is 9.89 Å². The summed E-state index contributed by atoms with van der Waals surface area (Å²) < 4.78 is 5.54. The first-order valence-electron chi connectivity index (χ1n) is 10.1. The monoisotopic (exact) mass is 499 g/mol. The number of fused-ring (bicyclic) bond motifs is 1. The summed E-state index contributed by atoms with van der Waals surface area (Å²) in [5.41, 5.74) is 2.53. The van der Waals surface area contributed by atoms with E-state index in [0.29, 0.717) is 12.1 Å². The number of H-pyrrole nitrogens is 1. The molecule has 1 saturated heterocycles. The highest BCUT2D eigenvalue weighted by molar-refractivity contribution is 14.0. The Kier molecular flexibility index (Phi) is 9.53. The summed E-state index contributed by atoms with van der Waals surface area (Å²) in [5, 5.41) is 8.13. The van der Waals surface area contributed by atoms with Gasteiger partial charge in [0, 0.05) is 48.8 Å². The minimum absolute atomic E-state index is 0. The lowest BCUT2D eigenvalue weighted by atomic mass is 10.1. The molecule has 0 spiro atoms. The van der Waals surface area contributed by atoms with Crippen molar-refractivity contribution in [3.05, 3.63) is 36.0 Å². The van der Waals surface area contributed by atoms with Crippen molar-refractivity contribution in [3.63, 3.8) is 0 Å². The van der Waals surface area contributed by atoms with Crippen LogP contribution in [0.3, 0.4) is 0 Å². The topological polar surface area (TPSA) is 64.7 Å². The summed E-state index contributed by atoms with van der Waals surface area (Å²) in [6, 6.07) is 9.31.